The topological polar surface area (TPSA) is 82.4 Å². The average Bonchev–Trinajstić information content (AvgIpc) is 2.60. The van der Waals surface area contributed by atoms with E-state index >= 15 is 0 Å². The molecule has 0 aliphatic heterocycles. The molecule has 0 saturated heterocycles. The predicted molar refractivity (Wildman–Crippen MR) is 90.9 cm³/mol. The van der Waals surface area contributed by atoms with Crippen LogP contribution in [0.3, 0.4) is 0 Å². The molecule has 1 aromatic carbocycles. The van der Waals surface area contributed by atoms with Gasteiger partial charge in [-0.2, -0.15) is 0 Å². The van der Waals surface area contributed by atoms with Gasteiger partial charge in [0.2, 0.25) is 5.91 Å². The van der Waals surface area contributed by atoms with Gasteiger partial charge in [0.25, 0.3) is 5.56 Å². The second kappa shape index (κ2) is 9.79. The Labute approximate surface area is 140 Å². The van der Waals surface area contributed by atoms with Crippen molar-refractivity contribution in [2.75, 3.05) is 33.5 Å². The molecule has 7 nitrogen and oxygen atoms in total. The zero-order valence-corrected chi connectivity index (χ0v) is 13.9. The van der Waals surface area contributed by atoms with Gasteiger partial charge in [0, 0.05) is 33.2 Å². The molecular weight excluding hydrogens is 310 g/mol. The number of nitrogens with zero attached hydrogens (tertiary/aromatic N) is 2. The largest absolute Gasteiger partial charge is 0.382 e. The molecule has 0 atom stereocenters. The van der Waals surface area contributed by atoms with Crippen LogP contribution in [0.4, 0.5) is 0 Å². The van der Waals surface area contributed by atoms with Crippen LogP contribution in [-0.4, -0.2) is 48.9 Å². The zero-order chi connectivity index (χ0) is 17.2. The van der Waals surface area contributed by atoms with E-state index in [9.17, 15) is 9.59 Å². The quantitative estimate of drug-likeness (QED) is 0.655. The van der Waals surface area contributed by atoms with Crippen LogP contribution in [0.5, 0.6) is 0 Å². The fraction of sp³-hybridized carbons (Fsp3) is 0.471. The van der Waals surface area contributed by atoms with E-state index in [2.05, 4.69) is 10.3 Å². The Bertz CT molecular complexity index is 714. The molecule has 1 heterocycles. The second-order valence-corrected chi connectivity index (χ2v) is 5.32. The van der Waals surface area contributed by atoms with E-state index in [0.717, 1.165) is 6.42 Å². The number of benzene rings is 1. The van der Waals surface area contributed by atoms with Crippen molar-refractivity contribution >= 4 is 16.8 Å². The maximum absolute atomic E-state index is 12.3. The van der Waals surface area contributed by atoms with Crippen LogP contribution in [0.15, 0.2) is 35.4 Å². The van der Waals surface area contributed by atoms with Gasteiger partial charge in [-0.15, -0.1) is 0 Å². The SMILES string of the molecule is COCCOCCCNC(=O)CCn1cnc2ccccc2c1=O. The maximum Gasteiger partial charge on any atom is 0.261 e. The Hall–Kier alpha value is -2.25. The number of fused-ring (bicyclic) bond motifs is 1. The highest BCUT2D eigenvalue weighted by Gasteiger charge is 2.06. The molecule has 0 fully saturated rings. The normalized spacial score (nSPS) is 10.9. The summed E-state index contributed by atoms with van der Waals surface area (Å²) in [6.07, 6.45) is 2.47. The third kappa shape index (κ3) is 5.43. The number of hydrogen-bond donors (Lipinski definition) is 1. The number of hydrogen-bond acceptors (Lipinski definition) is 5. The molecule has 0 bridgehead atoms. The van der Waals surface area contributed by atoms with E-state index in [1.54, 1.807) is 25.3 Å². The molecule has 0 saturated carbocycles. The number of rotatable bonds is 10. The number of amides is 1. The third-order valence-electron chi connectivity index (χ3n) is 3.53. The van der Waals surface area contributed by atoms with Crippen molar-refractivity contribution in [2.45, 2.75) is 19.4 Å². The van der Waals surface area contributed by atoms with Gasteiger partial charge < -0.3 is 14.8 Å². The van der Waals surface area contributed by atoms with Crippen molar-refractivity contribution in [1.82, 2.24) is 14.9 Å². The summed E-state index contributed by atoms with van der Waals surface area (Å²) < 4.78 is 11.6. The molecule has 1 N–H and O–H groups in total. The lowest BCUT2D eigenvalue weighted by Gasteiger charge is -2.08. The van der Waals surface area contributed by atoms with Crippen LogP contribution in [0.2, 0.25) is 0 Å². The van der Waals surface area contributed by atoms with Crippen LogP contribution in [-0.2, 0) is 20.8 Å². The van der Waals surface area contributed by atoms with Gasteiger partial charge >= 0.3 is 0 Å². The van der Waals surface area contributed by atoms with Crippen molar-refractivity contribution in [3.8, 4) is 0 Å². The van der Waals surface area contributed by atoms with E-state index in [0.29, 0.717) is 43.8 Å². The number of carbonyl (C=O) groups excluding carboxylic acids is 1. The monoisotopic (exact) mass is 333 g/mol. The molecule has 0 aliphatic carbocycles. The van der Waals surface area contributed by atoms with Gasteiger partial charge in [-0.1, -0.05) is 12.1 Å². The fourth-order valence-electron chi connectivity index (χ4n) is 2.22. The highest BCUT2D eigenvalue weighted by Crippen LogP contribution is 2.04. The molecule has 0 radical (unpaired) electrons. The smallest absolute Gasteiger partial charge is 0.261 e. The summed E-state index contributed by atoms with van der Waals surface area (Å²) in [5.74, 6) is -0.0908. The molecule has 2 rings (SSSR count). The molecule has 24 heavy (non-hydrogen) atoms. The molecule has 2 aromatic rings. The highest BCUT2D eigenvalue weighted by atomic mass is 16.5. The first-order valence-corrected chi connectivity index (χ1v) is 8.00. The van der Waals surface area contributed by atoms with Crippen LogP contribution >= 0.6 is 0 Å². The van der Waals surface area contributed by atoms with Crippen LogP contribution in [0.25, 0.3) is 10.9 Å². The Morgan fingerprint density at radius 3 is 2.92 bits per heavy atom. The predicted octanol–water partition coefficient (Wildman–Crippen LogP) is 0.956. The first kappa shape index (κ1) is 18.1. The molecule has 0 aliphatic rings. The summed E-state index contributed by atoms with van der Waals surface area (Å²) in [5.41, 5.74) is 0.539. The van der Waals surface area contributed by atoms with E-state index in [4.69, 9.17) is 9.47 Å². The summed E-state index contributed by atoms with van der Waals surface area (Å²) in [7, 11) is 1.62. The lowest BCUT2D eigenvalue weighted by Crippen LogP contribution is -2.28. The van der Waals surface area contributed by atoms with Crippen molar-refractivity contribution in [3.05, 3.63) is 40.9 Å². The molecule has 7 heteroatoms. The fourth-order valence-corrected chi connectivity index (χ4v) is 2.22. The van der Waals surface area contributed by atoms with Gasteiger partial charge in [-0.05, 0) is 18.6 Å². The van der Waals surface area contributed by atoms with Gasteiger partial charge in [-0.25, -0.2) is 4.98 Å². The first-order valence-electron chi connectivity index (χ1n) is 8.00. The van der Waals surface area contributed by atoms with Crippen molar-refractivity contribution < 1.29 is 14.3 Å². The van der Waals surface area contributed by atoms with Gasteiger partial charge in [0.15, 0.2) is 0 Å². The Morgan fingerprint density at radius 1 is 1.25 bits per heavy atom. The summed E-state index contributed by atoms with van der Waals surface area (Å²) >= 11 is 0. The second-order valence-electron chi connectivity index (χ2n) is 5.32. The van der Waals surface area contributed by atoms with Crippen molar-refractivity contribution in [3.63, 3.8) is 0 Å². The lowest BCUT2D eigenvalue weighted by atomic mass is 10.2. The number of carbonyl (C=O) groups is 1. The maximum atomic E-state index is 12.3. The summed E-state index contributed by atoms with van der Waals surface area (Å²) in [4.78, 5) is 28.3. The third-order valence-corrected chi connectivity index (χ3v) is 3.53. The number of aryl methyl sites for hydroxylation is 1. The zero-order valence-electron chi connectivity index (χ0n) is 13.9. The minimum atomic E-state index is -0.125. The number of methoxy groups -OCH3 is 1. The Balaban J connectivity index is 1.72. The minimum Gasteiger partial charge on any atom is -0.382 e. The molecule has 0 spiro atoms. The van der Waals surface area contributed by atoms with E-state index in [1.165, 1.54) is 10.9 Å². The Kier molecular flexibility index (Phi) is 7.38. The number of para-hydroxylation sites is 1. The summed E-state index contributed by atoms with van der Waals surface area (Å²) in [6, 6.07) is 7.18. The molecule has 130 valence electrons. The van der Waals surface area contributed by atoms with Crippen LogP contribution < -0.4 is 10.9 Å². The number of nitrogens with one attached hydrogen (secondary N) is 1. The molecule has 1 aromatic heterocycles. The number of aromatic nitrogens is 2. The molecule has 1 amide bonds. The van der Waals surface area contributed by atoms with Gasteiger partial charge in [-0.3, -0.25) is 14.2 Å². The van der Waals surface area contributed by atoms with Crippen molar-refractivity contribution in [1.29, 1.82) is 0 Å². The molecule has 0 unspecified atom stereocenters. The lowest BCUT2D eigenvalue weighted by molar-refractivity contribution is -0.121. The van der Waals surface area contributed by atoms with Crippen LogP contribution in [0.1, 0.15) is 12.8 Å². The number of ether oxygens (including phenoxy) is 2. The van der Waals surface area contributed by atoms with E-state index < -0.39 is 0 Å². The summed E-state index contributed by atoms with van der Waals surface area (Å²) in [6.45, 7) is 2.57. The van der Waals surface area contributed by atoms with Crippen molar-refractivity contribution in [2.24, 2.45) is 0 Å². The minimum absolute atomic E-state index is 0.0908. The summed E-state index contributed by atoms with van der Waals surface area (Å²) in [5, 5.41) is 3.38. The highest BCUT2D eigenvalue weighted by molar-refractivity contribution is 5.77. The van der Waals surface area contributed by atoms with E-state index in [-0.39, 0.29) is 17.9 Å². The van der Waals surface area contributed by atoms with E-state index in [1.807, 2.05) is 6.07 Å². The van der Waals surface area contributed by atoms with Gasteiger partial charge in [0.05, 0.1) is 30.4 Å². The van der Waals surface area contributed by atoms with Crippen LogP contribution in [0, 0.1) is 0 Å². The van der Waals surface area contributed by atoms with Gasteiger partial charge in [0.1, 0.15) is 0 Å². The standard InChI is InChI=1S/C17H23N3O4/c1-23-11-12-24-10-4-8-18-16(21)7-9-20-13-19-15-6-3-2-5-14(15)17(20)22/h2-3,5-6,13H,4,7-12H2,1H3,(H,18,21). The Morgan fingerprint density at radius 2 is 2.08 bits per heavy atom. The average molecular weight is 333 g/mol. The molecular formula is C17H23N3O4. The first-order chi connectivity index (χ1) is 11.7.